The molecule has 0 saturated heterocycles. The summed E-state index contributed by atoms with van der Waals surface area (Å²) in [4.78, 5) is 4.53. The fourth-order valence-corrected chi connectivity index (χ4v) is 8.15. The Morgan fingerprint density at radius 2 is 1.22 bits per heavy atom. The number of aromatic hydroxyl groups is 1. The van der Waals surface area contributed by atoms with Gasteiger partial charge in [-0.2, -0.15) is 0 Å². The van der Waals surface area contributed by atoms with Crippen molar-refractivity contribution in [3.8, 4) is 11.5 Å². The van der Waals surface area contributed by atoms with Gasteiger partial charge in [0.15, 0.2) is 0 Å². The lowest BCUT2D eigenvalue weighted by atomic mass is 9.87. The minimum Gasteiger partial charge on any atom is -0.507 e. The average molecular weight is 908 g/mol. The van der Waals surface area contributed by atoms with E-state index in [1.54, 1.807) is 28.4 Å². The Bertz CT molecular complexity index is 1840. The van der Waals surface area contributed by atoms with Crippen LogP contribution in [0.15, 0.2) is 90.2 Å². The first-order chi connectivity index (χ1) is 31.4. The Balaban J connectivity index is 0.00000102. The van der Waals surface area contributed by atoms with Crippen molar-refractivity contribution in [3.63, 3.8) is 0 Å². The van der Waals surface area contributed by atoms with E-state index in [2.05, 4.69) is 78.3 Å². The second-order valence-electron chi connectivity index (χ2n) is 15.1. The zero-order valence-corrected chi connectivity index (χ0v) is 40.1. The molecule has 2 unspecified atom stereocenters. The topological polar surface area (TPSA) is 136 Å². The largest absolute Gasteiger partial charge is 0.507 e. The van der Waals surface area contributed by atoms with Crippen molar-refractivity contribution in [3.05, 3.63) is 107 Å². The normalized spacial score (nSPS) is 14.2. The molecule has 1 aliphatic heterocycles. The lowest BCUT2D eigenvalue weighted by molar-refractivity contribution is 0.0677. The van der Waals surface area contributed by atoms with Crippen molar-refractivity contribution in [1.29, 1.82) is 0 Å². The van der Waals surface area contributed by atoms with Gasteiger partial charge in [-0.05, 0) is 74.0 Å². The molecule has 13 nitrogen and oxygen atoms in total. The first kappa shape index (κ1) is 52.6. The minimum atomic E-state index is 0.214. The van der Waals surface area contributed by atoms with Crippen molar-refractivity contribution in [2.24, 2.45) is 0 Å². The lowest BCUT2D eigenvalue weighted by Gasteiger charge is -2.31. The van der Waals surface area contributed by atoms with Gasteiger partial charge in [0.1, 0.15) is 17.3 Å². The van der Waals surface area contributed by atoms with Crippen LogP contribution in [0.25, 0.3) is 5.57 Å². The van der Waals surface area contributed by atoms with Crippen LogP contribution in [0.1, 0.15) is 37.0 Å². The highest BCUT2D eigenvalue weighted by atomic mass is 31.1. The summed E-state index contributed by atoms with van der Waals surface area (Å²) in [5.41, 5.74) is 13.6. The molecule has 1 heterocycles. The average Bonchev–Trinajstić information content (AvgIpc) is 3.31. The monoisotopic (exact) mass is 908 g/mol. The number of nitrogens with two attached hydrogens (primary N) is 1. The molecule has 3 aromatic rings. The first-order valence-electron chi connectivity index (χ1n) is 22.5. The van der Waals surface area contributed by atoms with Crippen LogP contribution in [0.2, 0.25) is 0 Å². The van der Waals surface area contributed by atoms with E-state index in [0.29, 0.717) is 87.7 Å². The number of nitrogen functional groups attached to an aromatic ring is 1. The predicted molar refractivity (Wildman–Crippen MR) is 261 cm³/mol. The zero-order chi connectivity index (χ0) is 45.8. The van der Waals surface area contributed by atoms with Crippen molar-refractivity contribution in [2.45, 2.75) is 32.3 Å². The van der Waals surface area contributed by atoms with Gasteiger partial charge >= 0.3 is 0 Å². The number of allylic oxidation sites excluding steroid dienone is 3. The van der Waals surface area contributed by atoms with Gasteiger partial charge in [-0.25, -0.2) is 0 Å². The number of nitrogens with zero attached hydrogens (tertiary/aromatic N) is 2. The summed E-state index contributed by atoms with van der Waals surface area (Å²) in [5.74, 6) is 1.76. The van der Waals surface area contributed by atoms with Gasteiger partial charge in [-0.1, -0.05) is 31.2 Å². The van der Waals surface area contributed by atoms with Crippen LogP contribution in [0.4, 0.5) is 17.1 Å². The molecule has 0 saturated carbocycles. The summed E-state index contributed by atoms with van der Waals surface area (Å²) in [6.07, 6.45) is 9.51. The molecule has 3 aromatic carbocycles. The molecular weight excluding hydrogens is 834 g/mol. The van der Waals surface area contributed by atoms with Crippen molar-refractivity contribution in [1.82, 2.24) is 0 Å². The Hall–Kier alpha value is -4.01. The van der Waals surface area contributed by atoms with Crippen LogP contribution < -0.4 is 20.3 Å². The number of rotatable bonds is 31. The Morgan fingerprint density at radius 3 is 1.80 bits per heavy atom. The lowest BCUT2D eigenvalue weighted by Crippen LogP contribution is -2.31. The Labute approximate surface area is 384 Å². The number of ether oxygens (including phenoxy) is 9. The molecule has 0 bridgehead atoms. The highest BCUT2D eigenvalue weighted by molar-refractivity contribution is 7.39. The SMILES string of the molecule is CCCOCCOC.CCN(CCc1ccc(N)cc1)c1ccc(C2=C3C=CC(PCCOCCOC)C=C3Oc3cc(N(CCOCCOC)CCOCCOC)ccc32)c(O)c1. The highest BCUT2D eigenvalue weighted by Gasteiger charge is 2.29. The van der Waals surface area contributed by atoms with Crippen LogP contribution in [0.3, 0.4) is 0 Å². The smallest absolute Gasteiger partial charge is 0.137 e. The van der Waals surface area contributed by atoms with E-state index in [1.165, 1.54) is 5.56 Å². The van der Waals surface area contributed by atoms with Gasteiger partial charge < -0.3 is 63.3 Å². The molecule has 0 aromatic heterocycles. The standard InChI is InChI=1S/C44H60N3O8P.C6H14O2/c1-5-46(17-16-33-6-8-34(45)9-7-33)35-10-13-38(41(48)30-35)44-39-14-11-36(47(18-20-52-25-22-49-2)19-21-53-26-23-50-3)31-42(39)55-43-32-37(12-15-40(43)44)56-29-28-54-27-24-51-4;1-3-4-8-6-5-7-2/h6-15,30-32,37,48,56H,5,16-29,45H2,1-4H3;3-6H2,1-2H3. The second-order valence-corrected chi connectivity index (χ2v) is 16.7. The summed E-state index contributed by atoms with van der Waals surface area (Å²) in [6.45, 7) is 14.6. The van der Waals surface area contributed by atoms with E-state index in [4.69, 9.17) is 48.4 Å². The molecule has 5 rings (SSSR count). The third-order valence-corrected chi connectivity index (χ3v) is 11.8. The Morgan fingerprint density at radius 1 is 0.641 bits per heavy atom. The molecule has 0 spiro atoms. The van der Waals surface area contributed by atoms with E-state index in [-0.39, 0.29) is 11.4 Å². The first-order valence-corrected chi connectivity index (χ1v) is 23.8. The molecule has 0 radical (unpaired) electrons. The van der Waals surface area contributed by atoms with Crippen LogP contribution in [0, 0.1) is 0 Å². The van der Waals surface area contributed by atoms with Gasteiger partial charge in [0.2, 0.25) is 0 Å². The van der Waals surface area contributed by atoms with Gasteiger partial charge in [0.05, 0.1) is 72.7 Å². The predicted octanol–water partition coefficient (Wildman–Crippen LogP) is 7.59. The van der Waals surface area contributed by atoms with Gasteiger partial charge in [-0.15, -0.1) is 8.58 Å². The maximum absolute atomic E-state index is 11.8. The number of fused-ring (bicyclic) bond motifs is 2. The van der Waals surface area contributed by atoms with E-state index >= 15 is 0 Å². The maximum Gasteiger partial charge on any atom is 0.137 e. The van der Waals surface area contributed by atoms with Crippen molar-refractivity contribution < 1.29 is 47.7 Å². The van der Waals surface area contributed by atoms with E-state index in [9.17, 15) is 5.11 Å². The number of benzene rings is 3. The van der Waals surface area contributed by atoms with Crippen LogP contribution in [-0.2, 0) is 44.3 Å². The van der Waals surface area contributed by atoms with E-state index in [0.717, 1.165) is 96.2 Å². The third-order valence-electron chi connectivity index (χ3n) is 10.5. The minimum absolute atomic E-state index is 0.214. The van der Waals surface area contributed by atoms with E-state index < -0.39 is 0 Å². The number of anilines is 3. The fraction of sp³-hybridized carbons (Fsp3) is 0.520. The maximum atomic E-state index is 11.8. The molecular formula is C50H74N3O10P. The fourth-order valence-electron chi connectivity index (χ4n) is 7.05. The number of hydrogen-bond donors (Lipinski definition) is 2. The summed E-state index contributed by atoms with van der Waals surface area (Å²) in [5, 5.41) is 11.8. The summed E-state index contributed by atoms with van der Waals surface area (Å²) >= 11 is 0. The van der Waals surface area contributed by atoms with Crippen LogP contribution >= 0.6 is 8.58 Å². The van der Waals surface area contributed by atoms with Crippen molar-refractivity contribution in [2.75, 3.05) is 156 Å². The molecule has 0 amide bonds. The second kappa shape index (κ2) is 31.0. The molecule has 0 fully saturated rings. The van der Waals surface area contributed by atoms with Gasteiger partial charge in [0.25, 0.3) is 0 Å². The zero-order valence-electron chi connectivity index (χ0n) is 39.1. The quantitative estimate of drug-likeness (QED) is 0.0373. The van der Waals surface area contributed by atoms with Crippen LogP contribution in [0.5, 0.6) is 11.5 Å². The van der Waals surface area contributed by atoms with Gasteiger partial charge in [0, 0.05) is 118 Å². The molecule has 2 aliphatic rings. The molecule has 14 heteroatoms. The van der Waals surface area contributed by atoms with Gasteiger partial charge in [-0.3, -0.25) is 0 Å². The number of phenolic OH excluding ortho intramolecular Hbond substituents is 1. The summed E-state index contributed by atoms with van der Waals surface area (Å²) < 4.78 is 49.5. The molecule has 3 N–H and O–H groups in total. The summed E-state index contributed by atoms with van der Waals surface area (Å²) in [6, 6.07) is 20.4. The highest BCUT2D eigenvalue weighted by Crippen LogP contribution is 2.48. The molecule has 2 atom stereocenters. The number of methoxy groups -OCH3 is 4. The number of hydrogen-bond acceptors (Lipinski definition) is 13. The number of likely N-dealkylation sites (N-methyl/N-ethyl adjacent to an activating group) is 1. The number of phenols is 1. The van der Waals surface area contributed by atoms with E-state index in [1.807, 2.05) is 24.3 Å². The van der Waals surface area contributed by atoms with Crippen molar-refractivity contribution >= 4 is 31.2 Å². The molecule has 1 aliphatic carbocycles. The Kier molecular flexibility index (Phi) is 25.5. The molecule has 64 heavy (non-hydrogen) atoms. The molecule has 354 valence electrons. The van der Waals surface area contributed by atoms with Crippen LogP contribution in [-0.4, -0.2) is 151 Å². The summed E-state index contributed by atoms with van der Waals surface area (Å²) in [7, 11) is 7.34. The third kappa shape index (κ3) is 17.8.